The topological polar surface area (TPSA) is 54.7 Å². The van der Waals surface area contributed by atoms with Crippen molar-refractivity contribution < 1.29 is 4.74 Å². The maximum Gasteiger partial charge on any atom is 0.193 e. The third-order valence-corrected chi connectivity index (χ3v) is 4.65. The molecule has 0 unspecified atom stereocenters. The van der Waals surface area contributed by atoms with Crippen LogP contribution in [-0.2, 0) is 17.8 Å². The van der Waals surface area contributed by atoms with Crippen LogP contribution in [0, 0.1) is 19.3 Å². The molecule has 130 valence electrons. The second-order valence-corrected chi connectivity index (χ2v) is 7.10. The fourth-order valence-electron chi connectivity index (χ4n) is 3.18. The van der Waals surface area contributed by atoms with Gasteiger partial charge in [-0.15, -0.1) is 0 Å². The molecule has 6 nitrogen and oxygen atoms in total. The van der Waals surface area contributed by atoms with Gasteiger partial charge in [0.2, 0.25) is 0 Å². The molecule has 1 aromatic heterocycles. The molecule has 2 rings (SSSR count). The molecule has 0 bridgehead atoms. The minimum atomic E-state index is 0.370. The first-order chi connectivity index (χ1) is 10.9. The van der Waals surface area contributed by atoms with E-state index in [1.807, 2.05) is 11.7 Å². The lowest BCUT2D eigenvalue weighted by Gasteiger charge is -2.23. The van der Waals surface area contributed by atoms with Crippen molar-refractivity contribution in [1.82, 2.24) is 20.0 Å². The van der Waals surface area contributed by atoms with Gasteiger partial charge in [0.15, 0.2) is 5.96 Å². The Balaban J connectivity index is 2.01. The van der Waals surface area contributed by atoms with Gasteiger partial charge in [-0.3, -0.25) is 9.67 Å². The van der Waals surface area contributed by atoms with Gasteiger partial charge in [-0.1, -0.05) is 13.8 Å². The van der Waals surface area contributed by atoms with Crippen molar-refractivity contribution in [3.05, 3.63) is 17.0 Å². The van der Waals surface area contributed by atoms with Crippen LogP contribution in [0.1, 0.15) is 37.2 Å². The van der Waals surface area contributed by atoms with Crippen LogP contribution >= 0.6 is 0 Å². The molecule has 1 aromatic rings. The van der Waals surface area contributed by atoms with E-state index in [4.69, 9.17) is 4.74 Å². The van der Waals surface area contributed by atoms with Gasteiger partial charge >= 0.3 is 0 Å². The van der Waals surface area contributed by atoms with E-state index in [0.29, 0.717) is 12.0 Å². The summed E-state index contributed by atoms with van der Waals surface area (Å²) in [5, 5.41) is 8.12. The molecule has 0 atom stereocenters. The Morgan fingerprint density at radius 2 is 2.13 bits per heavy atom. The first-order valence-corrected chi connectivity index (χ1v) is 8.35. The molecule has 0 saturated carbocycles. The Bertz CT molecular complexity index is 562. The Hall–Kier alpha value is -1.56. The summed E-state index contributed by atoms with van der Waals surface area (Å²) >= 11 is 0. The fraction of sp³-hybridized carbons (Fsp3) is 0.765. The monoisotopic (exact) mass is 321 g/mol. The van der Waals surface area contributed by atoms with E-state index in [1.54, 1.807) is 7.11 Å². The molecule has 1 fully saturated rings. The van der Waals surface area contributed by atoms with Crippen LogP contribution in [0.5, 0.6) is 0 Å². The number of rotatable bonds is 5. The zero-order valence-corrected chi connectivity index (χ0v) is 15.4. The molecule has 1 saturated heterocycles. The molecule has 1 aliphatic rings. The van der Waals surface area contributed by atoms with Crippen LogP contribution < -0.4 is 5.32 Å². The molecule has 6 heteroatoms. The molecular weight excluding hydrogens is 290 g/mol. The van der Waals surface area contributed by atoms with Gasteiger partial charge in [-0.2, -0.15) is 5.10 Å². The lowest BCUT2D eigenvalue weighted by atomic mass is 9.93. The van der Waals surface area contributed by atoms with Crippen LogP contribution in [-0.4, -0.2) is 54.5 Å². The predicted molar refractivity (Wildman–Crippen MR) is 93.7 cm³/mol. The van der Waals surface area contributed by atoms with Crippen molar-refractivity contribution in [2.75, 3.05) is 33.9 Å². The normalized spacial score (nSPS) is 17.8. The second kappa shape index (κ2) is 7.34. The van der Waals surface area contributed by atoms with E-state index in [-0.39, 0.29) is 0 Å². The first kappa shape index (κ1) is 17.8. The number of hydrogen-bond donors (Lipinski definition) is 1. The molecule has 0 amide bonds. The molecular formula is C17H31N5O. The van der Waals surface area contributed by atoms with Crippen LogP contribution in [0.25, 0.3) is 0 Å². The van der Waals surface area contributed by atoms with E-state index in [0.717, 1.165) is 37.8 Å². The van der Waals surface area contributed by atoms with E-state index < -0.39 is 0 Å². The van der Waals surface area contributed by atoms with Crippen molar-refractivity contribution in [1.29, 1.82) is 0 Å². The maximum atomic E-state index is 5.15. The molecule has 1 aliphatic heterocycles. The van der Waals surface area contributed by atoms with Crippen molar-refractivity contribution >= 4 is 5.96 Å². The predicted octanol–water partition coefficient (Wildman–Crippen LogP) is 1.95. The zero-order chi connectivity index (χ0) is 17.0. The minimum absolute atomic E-state index is 0.370. The van der Waals surface area contributed by atoms with Crippen LogP contribution in [0.2, 0.25) is 0 Å². The number of guanidine groups is 1. The van der Waals surface area contributed by atoms with Gasteiger partial charge in [0.1, 0.15) is 0 Å². The summed E-state index contributed by atoms with van der Waals surface area (Å²) in [6.07, 6.45) is 1.21. The van der Waals surface area contributed by atoms with E-state index in [9.17, 15) is 0 Å². The Labute approximate surface area is 139 Å². The highest BCUT2D eigenvalue weighted by Gasteiger charge is 2.30. The highest BCUT2D eigenvalue weighted by atomic mass is 16.5. The number of hydrogen-bond acceptors (Lipinski definition) is 3. The molecule has 0 radical (unpaired) electrons. The van der Waals surface area contributed by atoms with E-state index >= 15 is 0 Å². The van der Waals surface area contributed by atoms with E-state index in [1.165, 1.54) is 17.7 Å². The van der Waals surface area contributed by atoms with Gasteiger partial charge in [0, 0.05) is 45.0 Å². The standard InChI is InChI=1S/C17H31N5O/c1-13-15(14(2)22(20-13)9-10-23-6)11-19-16(18-5)21-8-7-17(3,4)12-21/h7-12H2,1-6H3,(H,18,19). The number of aromatic nitrogens is 2. The fourth-order valence-corrected chi connectivity index (χ4v) is 3.18. The molecule has 0 spiro atoms. The average Bonchev–Trinajstić information content (AvgIpc) is 2.99. The second-order valence-electron chi connectivity index (χ2n) is 7.10. The van der Waals surface area contributed by atoms with Crippen LogP contribution in [0.3, 0.4) is 0 Å². The minimum Gasteiger partial charge on any atom is -0.383 e. The Morgan fingerprint density at radius 3 is 2.70 bits per heavy atom. The van der Waals surface area contributed by atoms with Crippen molar-refractivity contribution in [2.45, 2.75) is 47.2 Å². The number of ether oxygens (including phenoxy) is 1. The van der Waals surface area contributed by atoms with Gasteiger partial charge in [0.25, 0.3) is 0 Å². The molecule has 1 N–H and O–H groups in total. The molecule has 0 aliphatic carbocycles. The summed E-state index contributed by atoms with van der Waals surface area (Å²) < 4.78 is 7.18. The third-order valence-electron chi connectivity index (χ3n) is 4.65. The number of nitrogens with zero attached hydrogens (tertiary/aromatic N) is 4. The highest BCUT2D eigenvalue weighted by Crippen LogP contribution is 2.28. The smallest absolute Gasteiger partial charge is 0.193 e. The Morgan fingerprint density at radius 1 is 1.39 bits per heavy atom. The quantitative estimate of drug-likeness (QED) is 0.665. The van der Waals surface area contributed by atoms with Gasteiger partial charge in [-0.25, -0.2) is 0 Å². The number of aliphatic imine (C=N–C) groups is 1. The summed E-state index contributed by atoms with van der Waals surface area (Å²) in [7, 11) is 3.57. The maximum absolute atomic E-state index is 5.15. The number of nitrogens with one attached hydrogen (secondary N) is 1. The largest absolute Gasteiger partial charge is 0.383 e. The third kappa shape index (κ3) is 4.25. The van der Waals surface area contributed by atoms with Gasteiger partial charge < -0.3 is 15.0 Å². The lowest BCUT2D eigenvalue weighted by Crippen LogP contribution is -2.40. The summed E-state index contributed by atoms with van der Waals surface area (Å²) in [4.78, 5) is 6.80. The SMILES string of the molecule is CN=C(NCc1c(C)nn(CCOC)c1C)N1CCC(C)(C)C1. The van der Waals surface area contributed by atoms with E-state index in [2.05, 4.69) is 48.0 Å². The molecule has 2 heterocycles. The Kier molecular flexibility index (Phi) is 5.68. The summed E-state index contributed by atoms with van der Waals surface area (Å²) in [5.41, 5.74) is 3.89. The summed E-state index contributed by atoms with van der Waals surface area (Å²) in [6.45, 7) is 13.2. The van der Waals surface area contributed by atoms with Crippen LogP contribution in [0.15, 0.2) is 4.99 Å². The number of methoxy groups -OCH3 is 1. The first-order valence-electron chi connectivity index (χ1n) is 8.35. The van der Waals surface area contributed by atoms with Crippen molar-refractivity contribution in [3.8, 4) is 0 Å². The highest BCUT2D eigenvalue weighted by molar-refractivity contribution is 5.80. The van der Waals surface area contributed by atoms with Crippen LogP contribution in [0.4, 0.5) is 0 Å². The molecule has 23 heavy (non-hydrogen) atoms. The summed E-state index contributed by atoms with van der Waals surface area (Å²) in [6, 6.07) is 0. The average molecular weight is 321 g/mol. The van der Waals surface area contributed by atoms with Crippen molar-refractivity contribution in [2.24, 2.45) is 10.4 Å². The zero-order valence-electron chi connectivity index (χ0n) is 15.4. The number of aryl methyl sites for hydroxylation is 1. The van der Waals surface area contributed by atoms with Gasteiger partial charge in [-0.05, 0) is 25.7 Å². The lowest BCUT2D eigenvalue weighted by molar-refractivity contribution is 0.182. The van der Waals surface area contributed by atoms with Crippen molar-refractivity contribution in [3.63, 3.8) is 0 Å². The summed E-state index contributed by atoms with van der Waals surface area (Å²) in [5.74, 6) is 0.985. The van der Waals surface area contributed by atoms with Gasteiger partial charge in [0.05, 0.1) is 18.8 Å². The number of likely N-dealkylation sites (tertiary alicyclic amines) is 1. The molecule has 0 aromatic carbocycles.